The van der Waals surface area contributed by atoms with Gasteiger partial charge < -0.3 is 14.2 Å². The predicted molar refractivity (Wildman–Crippen MR) is 121 cm³/mol. The zero-order chi connectivity index (χ0) is 25.8. The molecule has 13 heteroatoms. The molecule has 0 atom stereocenters. The van der Waals surface area contributed by atoms with Gasteiger partial charge in [0.25, 0.3) is 5.91 Å². The fourth-order valence-electron chi connectivity index (χ4n) is 2.93. The molecule has 8 nitrogen and oxygen atoms in total. The zero-order valence-corrected chi connectivity index (χ0v) is 19.8. The summed E-state index contributed by atoms with van der Waals surface area (Å²) in [5.41, 5.74) is 0.715. The second-order valence-electron chi connectivity index (χ2n) is 6.95. The number of hydrogen-bond donors (Lipinski definition) is 1. The number of benzene rings is 2. The zero-order valence-electron chi connectivity index (χ0n) is 18.2. The number of pyridine rings is 1. The van der Waals surface area contributed by atoms with E-state index in [4.69, 9.17) is 21.1 Å². The number of nitrogens with zero attached hydrogens (tertiary/aromatic N) is 1. The largest absolute Gasteiger partial charge is 0.573 e. The van der Waals surface area contributed by atoms with Crippen molar-refractivity contribution in [3.05, 3.63) is 65.3 Å². The molecule has 1 N–H and O–H groups in total. The molecule has 1 heterocycles. The molecule has 35 heavy (non-hydrogen) atoms. The summed E-state index contributed by atoms with van der Waals surface area (Å²) >= 11 is 5.91. The van der Waals surface area contributed by atoms with Gasteiger partial charge in [0.05, 0.1) is 17.9 Å². The lowest BCUT2D eigenvalue weighted by molar-refractivity contribution is -0.274. The number of carbonyl (C=O) groups is 1. The number of hydrogen-bond acceptors (Lipinski definition) is 7. The van der Waals surface area contributed by atoms with Crippen molar-refractivity contribution in [2.75, 3.05) is 12.9 Å². The van der Waals surface area contributed by atoms with Crippen LogP contribution in [0.3, 0.4) is 0 Å². The van der Waals surface area contributed by atoms with E-state index in [1.54, 1.807) is 19.1 Å². The fraction of sp³-hybridized carbons (Fsp3) is 0.182. The highest BCUT2D eigenvalue weighted by atomic mass is 35.5. The maximum absolute atomic E-state index is 12.5. The third-order valence-corrected chi connectivity index (χ3v) is 5.07. The summed E-state index contributed by atoms with van der Waals surface area (Å²) in [6.07, 6.45) is -2.58. The number of sulfonamides is 1. The lowest BCUT2D eigenvalue weighted by Crippen LogP contribution is -2.29. The number of carbonyl (C=O) groups excluding carboxylic acids is 1. The summed E-state index contributed by atoms with van der Waals surface area (Å²) in [6, 6.07) is 10.7. The first kappa shape index (κ1) is 26.1. The molecule has 0 saturated heterocycles. The van der Waals surface area contributed by atoms with Crippen molar-refractivity contribution in [3.63, 3.8) is 0 Å². The minimum absolute atomic E-state index is 0.00367. The van der Waals surface area contributed by atoms with Gasteiger partial charge in [-0.05, 0) is 49.4 Å². The van der Waals surface area contributed by atoms with Crippen molar-refractivity contribution >= 4 is 27.5 Å². The van der Waals surface area contributed by atoms with Gasteiger partial charge in [-0.15, -0.1) is 13.2 Å². The van der Waals surface area contributed by atoms with Crippen LogP contribution in [0.4, 0.5) is 13.2 Å². The smallest absolute Gasteiger partial charge is 0.478 e. The highest BCUT2D eigenvalue weighted by Crippen LogP contribution is 2.40. The SMILES string of the molecule is CCOc1ncccc1-c1cc(C(=O)NS(C)(=O)=O)ccc1Oc1ccc(OC(F)(F)F)c(Cl)c1. The fourth-order valence-corrected chi connectivity index (χ4v) is 3.59. The first-order valence-corrected chi connectivity index (χ1v) is 12.1. The van der Waals surface area contributed by atoms with Crippen molar-refractivity contribution < 1.29 is 40.6 Å². The normalized spacial score (nSPS) is 11.6. The molecule has 0 aliphatic carbocycles. The molecule has 1 aromatic heterocycles. The Labute approximate surface area is 203 Å². The summed E-state index contributed by atoms with van der Waals surface area (Å²) in [6.45, 7) is 2.03. The summed E-state index contributed by atoms with van der Waals surface area (Å²) < 4.78 is 77.6. The van der Waals surface area contributed by atoms with Crippen LogP contribution in [0.2, 0.25) is 5.02 Å². The van der Waals surface area contributed by atoms with Gasteiger partial charge in [0.1, 0.15) is 17.2 Å². The Bertz CT molecular complexity index is 1350. The lowest BCUT2D eigenvalue weighted by Gasteiger charge is -2.16. The molecule has 0 aliphatic rings. The molecule has 0 saturated carbocycles. The lowest BCUT2D eigenvalue weighted by atomic mass is 10.0. The average Bonchev–Trinajstić information content (AvgIpc) is 2.75. The van der Waals surface area contributed by atoms with Crippen molar-refractivity contribution in [1.82, 2.24) is 9.71 Å². The number of alkyl halides is 3. The molecule has 0 aliphatic heterocycles. The molecule has 0 fully saturated rings. The van der Waals surface area contributed by atoms with Gasteiger partial charge in [-0.25, -0.2) is 18.1 Å². The topological polar surface area (TPSA) is 104 Å². The molecular formula is C22H18ClF3N2O6S. The average molecular weight is 531 g/mol. The summed E-state index contributed by atoms with van der Waals surface area (Å²) in [7, 11) is -3.82. The van der Waals surface area contributed by atoms with Gasteiger partial charge in [-0.2, -0.15) is 0 Å². The van der Waals surface area contributed by atoms with E-state index in [9.17, 15) is 26.4 Å². The van der Waals surface area contributed by atoms with E-state index in [1.807, 2.05) is 4.72 Å². The van der Waals surface area contributed by atoms with Crippen LogP contribution in [0.5, 0.6) is 23.1 Å². The molecule has 0 spiro atoms. The number of halogens is 4. The molecular weight excluding hydrogens is 513 g/mol. The third kappa shape index (κ3) is 7.23. The molecule has 0 radical (unpaired) electrons. The van der Waals surface area contributed by atoms with Gasteiger partial charge in [-0.3, -0.25) is 4.79 Å². The van der Waals surface area contributed by atoms with Crippen LogP contribution in [-0.4, -0.2) is 38.5 Å². The van der Waals surface area contributed by atoms with Gasteiger partial charge >= 0.3 is 6.36 Å². The number of aromatic nitrogens is 1. The Hall–Kier alpha value is -3.51. The number of rotatable bonds is 8. The molecule has 0 bridgehead atoms. The quantitative estimate of drug-likeness (QED) is 0.428. The molecule has 0 unspecified atom stereocenters. The maximum Gasteiger partial charge on any atom is 0.573 e. The first-order valence-electron chi connectivity index (χ1n) is 9.84. The van der Waals surface area contributed by atoms with E-state index in [0.717, 1.165) is 18.4 Å². The van der Waals surface area contributed by atoms with Crippen LogP contribution in [0.25, 0.3) is 11.1 Å². The van der Waals surface area contributed by atoms with Crippen LogP contribution < -0.4 is 18.9 Å². The van der Waals surface area contributed by atoms with E-state index in [1.165, 1.54) is 30.5 Å². The number of ether oxygens (including phenoxy) is 3. The van der Waals surface area contributed by atoms with Crippen molar-refractivity contribution in [2.45, 2.75) is 13.3 Å². The Morgan fingerprint density at radius 1 is 1.09 bits per heavy atom. The van der Waals surface area contributed by atoms with E-state index in [0.29, 0.717) is 11.1 Å². The summed E-state index contributed by atoms with van der Waals surface area (Å²) in [5, 5.41) is -0.345. The van der Waals surface area contributed by atoms with Gasteiger partial charge in [0.15, 0.2) is 0 Å². The van der Waals surface area contributed by atoms with E-state index in [2.05, 4.69) is 9.72 Å². The third-order valence-electron chi connectivity index (χ3n) is 4.22. The van der Waals surface area contributed by atoms with Crippen LogP contribution in [-0.2, 0) is 10.0 Å². The number of amides is 1. The maximum atomic E-state index is 12.5. The highest BCUT2D eigenvalue weighted by molar-refractivity contribution is 7.89. The second kappa shape index (κ2) is 10.4. The van der Waals surface area contributed by atoms with Crippen LogP contribution in [0.15, 0.2) is 54.7 Å². The Morgan fingerprint density at radius 3 is 2.43 bits per heavy atom. The minimum Gasteiger partial charge on any atom is -0.478 e. The van der Waals surface area contributed by atoms with Crippen LogP contribution in [0.1, 0.15) is 17.3 Å². The minimum atomic E-state index is -4.92. The Balaban J connectivity index is 2.06. The van der Waals surface area contributed by atoms with E-state index >= 15 is 0 Å². The molecule has 3 rings (SSSR count). The molecule has 1 amide bonds. The van der Waals surface area contributed by atoms with Gasteiger partial charge in [0.2, 0.25) is 15.9 Å². The monoisotopic (exact) mass is 530 g/mol. The van der Waals surface area contributed by atoms with Gasteiger partial charge in [0, 0.05) is 29.0 Å². The number of nitrogens with one attached hydrogen (secondary N) is 1. The van der Waals surface area contributed by atoms with Gasteiger partial charge in [-0.1, -0.05) is 11.6 Å². The van der Waals surface area contributed by atoms with Crippen molar-refractivity contribution in [1.29, 1.82) is 0 Å². The highest BCUT2D eigenvalue weighted by Gasteiger charge is 2.32. The predicted octanol–water partition coefficient (Wildman–Crippen LogP) is 5.18. The second-order valence-corrected chi connectivity index (χ2v) is 9.10. The van der Waals surface area contributed by atoms with E-state index in [-0.39, 0.29) is 34.6 Å². The Kier molecular flexibility index (Phi) is 7.76. The first-order chi connectivity index (χ1) is 16.4. The van der Waals surface area contributed by atoms with Crippen LogP contribution in [0, 0.1) is 0 Å². The molecule has 2 aromatic carbocycles. The summed E-state index contributed by atoms with van der Waals surface area (Å²) in [5.74, 6) is -1.03. The molecule has 186 valence electrons. The van der Waals surface area contributed by atoms with Crippen molar-refractivity contribution in [2.24, 2.45) is 0 Å². The molecule has 3 aromatic rings. The summed E-state index contributed by atoms with van der Waals surface area (Å²) in [4.78, 5) is 16.6. The standard InChI is InChI=1S/C22H18ClF3N2O6S/c1-3-32-21-15(5-4-10-27-21)16-11-13(20(29)28-35(2,30)31)6-8-18(16)33-14-7-9-19(17(23)12-14)34-22(24,25)26/h4-12H,3H2,1-2H3,(H,28,29). The Morgan fingerprint density at radius 2 is 1.80 bits per heavy atom. The van der Waals surface area contributed by atoms with E-state index < -0.39 is 28.0 Å². The van der Waals surface area contributed by atoms with Crippen LogP contribution >= 0.6 is 11.6 Å². The van der Waals surface area contributed by atoms with Crippen molar-refractivity contribution in [3.8, 4) is 34.3 Å².